The van der Waals surface area contributed by atoms with Gasteiger partial charge in [-0.15, -0.1) is 0 Å². The number of hydrogen-bond donors (Lipinski definition) is 0. The molecule has 0 saturated heterocycles. The van der Waals surface area contributed by atoms with E-state index in [0.717, 1.165) is 17.4 Å². The standard InChI is InChI=1S/C17H8F4N4O2S/c18-10-3-6-12-14(7-10)28-16(22-12)24-15(17(19,20)21)8-13(23-24)9-1-4-11(5-2-9)25(26)27/h1-8H. The maximum absolute atomic E-state index is 13.5. The monoisotopic (exact) mass is 408 g/mol. The fraction of sp³-hybridized carbons (Fsp3) is 0.0588. The molecule has 0 spiro atoms. The molecule has 0 aliphatic rings. The Morgan fingerprint density at radius 2 is 1.79 bits per heavy atom. The van der Waals surface area contributed by atoms with Crippen molar-refractivity contribution in [1.29, 1.82) is 0 Å². The highest BCUT2D eigenvalue weighted by Crippen LogP contribution is 2.36. The molecule has 0 N–H and O–H groups in total. The molecule has 0 bridgehead atoms. The number of halogens is 4. The van der Waals surface area contributed by atoms with Crippen molar-refractivity contribution in [2.45, 2.75) is 6.18 Å². The summed E-state index contributed by atoms with van der Waals surface area (Å²) in [5, 5.41) is 14.7. The number of thiazole rings is 1. The predicted octanol–water partition coefficient (Wildman–Crippen LogP) is 5.22. The quantitative estimate of drug-likeness (QED) is 0.265. The first-order valence-corrected chi connectivity index (χ1v) is 8.52. The van der Waals surface area contributed by atoms with E-state index in [1.54, 1.807) is 0 Å². The SMILES string of the molecule is O=[N+]([O-])c1ccc(-c2cc(C(F)(F)F)n(-c3nc4ccc(F)cc4s3)n2)cc1. The van der Waals surface area contributed by atoms with Crippen LogP contribution in [0.4, 0.5) is 23.2 Å². The van der Waals surface area contributed by atoms with E-state index in [0.29, 0.717) is 14.9 Å². The van der Waals surface area contributed by atoms with Gasteiger partial charge in [-0.3, -0.25) is 10.1 Å². The van der Waals surface area contributed by atoms with Crippen LogP contribution in [0.25, 0.3) is 26.6 Å². The lowest BCUT2D eigenvalue weighted by atomic mass is 10.1. The summed E-state index contributed by atoms with van der Waals surface area (Å²) in [4.78, 5) is 14.2. The van der Waals surface area contributed by atoms with Gasteiger partial charge in [0.1, 0.15) is 5.82 Å². The van der Waals surface area contributed by atoms with Crippen LogP contribution in [-0.2, 0) is 6.18 Å². The Bertz CT molecular complexity index is 1200. The van der Waals surface area contributed by atoms with Crippen LogP contribution in [0.3, 0.4) is 0 Å². The Morgan fingerprint density at radius 1 is 1.07 bits per heavy atom. The minimum absolute atomic E-state index is 0.0207. The number of alkyl halides is 3. The van der Waals surface area contributed by atoms with Crippen molar-refractivity contribution < 1.29 is 22.5 Å². The summed E-state index contributed by atoms with van der Waals surface area (Å²) < 4.78 is 55.0. The Kier molecular flexibility index (Phi) is 4.11. The first-order valence-electron chi connectivity index (χ1n) is 7.71. The van der Waals surface area contributed by atoms with E-state index in [2.05, 4.69) is 10.1 Å². The molecule has 0 saturated carbocycles. The molecule has 0 radical (unpaired) electrons. The molecule has 2 aromatic heterocycles. The molecule has 4 rings (SSSR count). The number of rotatable bonds is 3. The smallest absolute Gasteiger partial charge is 0.258 e. The number of non-ortho nitro benzene ring substituents is 1. The Hall–Kier alpha value is -3.34. The highest BCUT2D eigenvalue weighted by Gasteiger charge is 2.37. The van der Waals surface area contributed by atoms with Crippen LogP contribution < -0.4 is 0 Å². The van der Waals surface area contributed by atoms with Gasteiger partial charge in [0, 0.05) is 17.7 Å². The normalized spacial score (nSPS) is 11.9. The van der Waals surface area contributed by atoms with Crippen LogP contribution in [0.5, 0.6) is 0 Å². The molecule has 0 aliphatic heterocycles. The average Bonchev–Trinajstić information content (AvgIpc) is 3.25. The van der Waals surface area contributed by atoms with E-state index in [1.165, 1.54) is 42.5 Å². The second-order valence-electron chi connectivity index (χ2n) is 5.74. The van der Waals surface area contributed by atoms with Gasteiger partial charge in [-0.25, -0.2) is 14.1 Å². The van der Waals surface area contributed by atoms with Gasteiger partial charge >= 0.3 is 6.18 Å². The van der Waals surface area contributed by atoms with Crippen LogP contribution in [0.2, 0.25) is 0 Å². The lowest BCUT2D eigenvalue weighted by Crippen LogP contribution is -2.12. The molecule has 11 heteroatoms. The Balaban J connectivity index is 1.85. The first-order chi connectivity index (χ1) is 13.2. The van der Waals surface area contributed by atoms with Crippen molar-refractivity contribution >= 4 is 27.2 Å². The van der Waals surface area contributed by atoms with E-state index in [4.69, 9.17) is 0 Å². The van der Waals surface area contributed by atoms with Crippen molar-refractivity contribution in [1.82, 2.24) is 14.8 Å². The Labute approximate surface area is 157 Å². The second kappa shape index (κ2) is 6.37. The van der Waals surface area contributed by atoms with Crippen LogP contribution >= 0.6 is 11.3 Å². The third-order valence-electron chi connectivity index (χ3n) is 3.89. The minimum Gasteiger partial charge on any atom is -0.258 e. The third kappa shape index (κ3) is 3.20. The van der Waals surface area contributed by atoms with E-state index in [-0.39, 0.29) is 22.1 Å². The number of nitro benzene ring substituents is 1. The van der Waals surface area contributed by atoms with Gasteiger partial charge in [-0.1, -0.05) is 11.3 Å². The van der Waals surface area contributed by atoms with E-state index in [1.807, 2.05) is 0 Å². The fourth-order valence-electron chi connectivity index (χ4n) is 2.60. The molecule has 0 atom stereocenters. The highest BCUT2D eigenvalue weighted by molar-refractivity contribution is 7.20. The van der Waals surface area contributed by atoms with Crippen molar-refractivity contribution in [3.05, 3.63) is 70.2 Å². The third-order valence-corrected chi connectivity index (χ3v) is 4.89. The lowest BCUT2D eigenvalue weighted by Gasteiger charge is -2.06. The van der Waals surface area contributed by atoms with Gasteiger partial charge in [0.25, 0.3) is 5.69 Å². The van der Waals surface area contributed by atoms with Gasteiger partial charge in [0.05, 0.1) is 20.8 Å². The van der Waals surface area contributed by atoms with Crippen LogP contribution in [-0.4, -0.2) is 19.7 Å². The molecule has 4 aromatic rings. The topological polar surface area (TPSA) is 73.8 Å². The fourth-order valence-corrected chi connectivity index (χ4v) is 3.56. The number of nitrogens with zero attached hydrogens (tertiary/aromatic N) is 4. The minimum atomic E-state index is -4.71. The first kappa shape index (κ1) is 18.0. The van der Waals surface area contributed by atoms with E-state index < -0.39 is 22.6 Å². The summed E-state index contributed by atoms with van der Waals surface area (Å²) in [6.45, 7) is 0. The zero-order chi connectivity index (χ0) is 20.1. The number of aromatic nitrogens is 3. The average molecular weight is 408 g/mol. The maximum atomic E-state index is 13.5. The summed E-state index contributed by atoms with van der Waals surface area (Å²) in [6, 6.07) is 9.57. The van der Waals surface area contributed by atoms with E-state index >= 15 is 0 Å². The van der Waals surface area contributed by atoms with Gasteiger partial charge in [0.2, 0.25) is 5.13 Å². The number of nitro groups is 1. The van der Waals surface area contributed by atoms with Crippen molar-refractivity contribution in [2.75, 3.05) is 0 Å². The van der Waals surface area contributed by atoms with Gasteiger partial charge in [0.15, 0.2) is 5.69 Å². The van der Waals surface area contributed by atoms with Crippen LogP contribution in [0.15, 0.2) is 48.5 Å². The molecule has 0 amide bonds. The number of fused-ring (bicyclic) bond motifs is 1. The van der Waals surface area contributed by atoms with Crippen molar-refractivity contribution in [2.24, 2.45) is 0 Å². The Morgan fingerprint density at radius 3 is 2.43 bits per heavy atom. The molecule has 0 unspecified atom stereocenters. The number of hydrogen-bond acceptors (Lipinski definition) is 5. The molecule has 28 heavy (non-hydrogen) atoms. The summed E-state index contributed by atoms with van der Waals surface area (Å²) in [7, 11) is 0. The molecule has 142 valence electrons. The summed E-state index contributed by atoms with van der Waals surface area (Å²) in [5.74, 6) is -0.522. The lowest BCUT2D eigenvalue weighted by molar-refractivity contribution is -0.384. The summed E-state index contributed by atoms with van der Waals surface area (Å²) in [5.41, 5.74) is -0.635. The van der Waals surface area contributed by atoms with Gasteiger partial charge in [-0.2, -0.15) is 18.3 Å². The van der Waals surface area contributed by atoms with Gasteiger partial charge < -0.3 is 0 Å². The second-order valence-corrected chi connectivity index (χ2v) is 6.75. The molecule has 0 fully saturated rings. The zero-order valence-electron chi connectivity index (χ0n) is 13.6. The maximum Gasteiger partial charge on any atom is 0.433 e. The highest BCUT2D eigenvalue weighted by atomic mass is 32.1. The summed E-state index contributed by atoms with van der Waals surface area (Å²) >= 11 is 0.870. The van der Waals surface area contributed by atoms with Crippen LogP contribution in [0, 0.1) is 15.9 Å². The zero-order valence-corrected chi connectivity index (χ0v) is 14.5. The largest absolute Gasteiger partial charge is 0.433 e. The molecule has 2 aromatic carbocycles. The molecule has 6 nitrogen and oxygen atoms in total. The molecular weight excluding hydrogens is 400 g/mol. The summed E-state index contributed by atoms with van der Waals surface area (Å²) in [6.07, 6.45) is -4.71. The van der Waals surface area contributed by atoms with Crippen molar-refractivity contribution in [3.63, 3.8) is 0 Å². The van der Waals surface area contributed by atoms with E-state index in [9.17, 15) is 27.7 Å². The van der Waals surface area contributed by atoms with Crippen molar-refractivity contribution in [3.8, 4) is 16.4 Å². The molecule has 0 aliphatic carbocycles. The predicted molar refractivity (Wildman–Crippen MR) is 93.8 cm³/mol. The van der Waals surface area contributed by atoms with Gasteiger partial charge in [-0.05, 0) is 36.4 Å². The molecular formula is C17H8F4N4O2S. The molecule has 2 heterocycles. The van der Waals surface area contributed by atoms with Crippen LogP contribution in [0.1, 0.15) is 5.69 Å². The number of benzene rings is 2.